The second-order valence-electron chi connectivity index (χ2n) is 3.97. The molecule has 0 saturated heterocycles. The Kier molecular flexibility index (Phi) is 4.80. The van der Waals surface area contributed by atoms with Crippen molar-refractivity contribution in [1.29, 1.82) is 0 Å². The summed E-state index contributed by atoms with van der Waals surface area (Å²) in [6, 6.07) is 20.5. The summed E-state index contributed by atoms with van der Waals surface area (Å²) in [7, 11) is 0. The first kappa shape index (κ1) is 12.2. The molecule has 0 bridgehead atoms. The summed E-state index contributed by atoms with van der Waals surface area (Å²) in [6.45, 7) is 0. The van der Waals surface area contributed by atoms with Gasteiger partial charge in [-0.2, -0.15) is 0 Å². The van der Waals surface area contributed by atoms with Crippen LogP contribution >= 0.6 is 0 Å². The zero-order valence-electron chi connectivity index (χ0n) is 10.3. The standard InChI is InChI=1S/C18H16/c1(5-11-17-13-7-3-8-14-17)2-6-12-18-15-9-4-10-16-18/h1,3-4,6-16H,2H2. The average Bonchev–Trinajstić information content (AvgIpc) is 2.45. The Labute approximate surface area is 109 Å². The van der Waals surface area contributed by atoms with Gasteiger partial charge in [-0.1, -0.05) is 72.8 Å². The van der Waals surface area contributed by atoms with E-state index in [1.807, 2.05) is 48.6 Å². The zero-order chi connectivity index (χ0) is 12.5. The molecule has 0 unspecified atom stereocenters. The maximum Gasteiger partial charge on any atom is -0.00896 e. The van der Waals surface area contributed by atoms with Crippen molar-refractivity contribution in [1.82, 2.24) is 0 Å². The lowest BCUT2D eigenvalue weighted by Gasteiger charge is -1.89. The van der Waals surface area contributed by atoms with Gasteiger partial charge in [0.2, 0.25) is 0 Å². The number of rotatable bonds is 4. The van der Waals surface area contributed by atoms with E-state index in [4.69, 9.17) is 0 Å². The van der Waals surface area contributed by atoms with Gasteiger partial charge in [-0.15, -0.1) is 5.73 Å². The van der Waals surface area contributed by atoms with E-state index in [-0.39, 0.29) is 0 Å². The van der Waals surface area contributed by atoms with Gasteiger partial charge in [-0.3, -0.25) is 0 Å². The number of hydrogen-bond acceptors (Lipinski definition) is 0. The highest BCUT2D eigenvalue weighted by Gasteiger charge is 1.81. The predicted molar refractivity (Wildman–Crippen MR) is 79.1 cm³/mol. The van der Waals surface area contributed by atoms with Gasteiger partial charge in [0.05, 0.1) is 0 Å². The molecule has 0 N–H and O–H groups in total. The number of allylic oxidation sites excluding steroid dienone is 2. The molecule has 0 spiro atoms. The Morgan fingerprint density at radius 2 is 1.39 bits per heavy atom. The SMILES string of the molecule is C(=CCC=Cc1ccccc1)=Cc1ccccc1. The minimum atomic E-state index is 0.901. The maximum absolute atomic E-state index is 3.19. The van der Waals surface area contributed by atoms with Crippen LogP contribution in [0.2, 0.25) is 0 Å². The molecule has 0 radical (unpaired) electrons. The molecular formula is C18H16. The molecule has 88 valence electrons. The van der Waals surface area contributed by atoms with Gasteiger partial charge >= 0.3 is 0 Å². The smallest absolute Gasteiger partial charge is 0.00896 e. The molecule has 2 rings (SSSR count). The van der Waals surface area contributed by atoms with Gasteiger partial charge < -0.3 is 0 Å². The van der Waals surface area contributed by atoms with Gasteiger partial charge in [0, 0.05) is 0 Å². The second-order valence-corrected chi connectivity index (χ2v) is 3.97. The lowest BCUT2D eigenvalue weighted by atomic mass is 10.2. The third-order valence-electron chi connectivity index (χ3n) is 2.53. The molecule has 2 aromatic carbocycles. The summed E-state index contributed by atoms with van der Waals surface area (Å²) in [6.07, 6.45) is 9.20. The van der Waals surface area contributed by atoms with Crippen LogP contribution in [0.15, 0.2) is 78.5 Å². The van der Waals surface area contributed by atoms with Crippen LogP contribution < -0.4 is 0 Å². The first-order valence-electron chi connectivity index (χ1n) is 6.13. The van der Waals surface area contributed by atoms with Crippen LogP contribution in [-0.4, -0.2) is 0 Å². The van der Waals surface area contributed by atoms with Crippen molar-refractivity contribution < 1.29 is 0 Å². The van der Waals surface area contributed by atoms with Crippen molar-refractivity contribution in [3.63, 3.8) is 0 Å². The fraction of sp³-hybridized carbons (Fsp3) is 0.0556. The molecule has 0 heteroatoms. The van der Waals surface area contributed by atoms with Gasteiger partial charge in [-0.25, -0.2) is 0 Å². The predicted octanol–water partition coefficient (Wildman–Crippen LogP) is 4.96. The van der Waals surface area contributed by atoms with E-state index in [1.165, 1.54) is 11.1 Å². The highest BCUT2D eigenvalue weighted by molar-refractivity contribution is 5.50. The van der Waals surface area contributed by atoms with E-state index in [9.17, 15) is 0 Å². The molecule has 2 aromatic rings. The Morgan fingerprint density at radius 3 is 2.06 bits per heavy atom. The van der Waals surface area contributed by atoms with Gasteiger partial charge in [0.1, 0.15) is 0 Å². The normalized spacial score (nSPS) is 10.0. The third kappa shape index (κ3) is 4.29. The molecule has 0 atom stereocenters. The van der Waals surface area contributed by atoms with Gasteiger partial charge in [0.15, 0.2) is 0 Å². The highest BCUT2D eigenvalue weighted by Crippen LogP contribution is 2.02. The largest absolute Gasteiger partial charge is 0.124 e. The van der Waals surface area contributed by atoms with Crippen LogP contribution in [0.25, 0.3) is 12.2 Å². The zero-order valence-corrected chi connectivity index (χ0v) is 10.3. The fourth-order valence-electron chi connectivity index (χ4n) is 1.61. The topological polar surface area (TPSA) is 0 Å². The fourth-order valence-corrected chi connectivity index (χ4v) is 1.61. The number of benzene rings is 2. The van der Waals surface area contributed by atoms with E-state index >= 15 is 0 Å². The van der Waals surface area contributed by atoms with Crippen LogP contribution in [0, 0.1) is 0 Å². The maximum atomic E-state index is 3.19. The molecule has 0 aliphatic rings. The van der Waals surface area contributed by atoms with Gasteiger partial charge in [0.25, 0.3) is 0 Å². The van der Waals surface area contributed by atoms with Gasteiger partial charge in [-0.05, 0) is 29.7 Å². The molecular weight excluding hydrogens is 216 g/mol. The minimum absolute atomic E-state index is 0.901. The van der Waals surface area contributed by atoms with E-state index in [0.29, 0.717) is 0 Å². The summed E-state index contributed by atoms with van der Waals surface area (Å²) in [5.41, 5.74) is 5.60. The molecule has 0 aliphatic carbocycles. The summed E-state index contributed by atoms with van der Waals surface area (Å²) in [4.78, 5) is 0. The van der Waals surface area contributed by atoms with Crippen molar-refractivity contribution in [2.45, 2.75) is 6.42 Å². The molecule has 0 nitrogen and oxygen atoms in total. The average molecular weight is 232 g/mol. The molecule has 0 amide bonds. The molecule has 0 heterocycles. The summed E-state index contributed by atoms with van der Waals surface area (Å²) >= 11 is 0. The summed E-state index contributed by atoms with van der Waals surface area (Å²) in [5.74, 6) is 0. The second kappa shape index (κ2) is 7.11. The van der Waals surface area contributed by atoms with E-state index < -0.39 is 0 Å². The molecule has 0 aromatic heterocycles. The molecule has 0 saturated carbocycles. The number of hydrogen-bond donors (Lipinski definition) is 0. The van der Waals surface area contributed by atoms with Crippen molar-refractivity contribution in [2.75, 3.05) is 0 Å². The molecule has 0 fully saturated rings. The monoisotopic (exact) mass is 232 g/mol. The highest BCUT2D eigenvalue weighted by atomic mass is 13.9. The van der Waals surface area contributed by atoms with Crippen molar-refractivity contribution in [3.05, 3.63) is 89.7 Å². The van der Waals surface area contributed by atoms with Crippen LogP contribution in [0.4, 0.5) is 0 Å². The Hall–Kier alpha value is -2.30. The lowest BCUT2D eigenvalue weighted by Crippen LogP contribution is -1.67. The lowest BCUT2D eigenvalue weighted by molar-refractivity contribution is 1.42. The van der Waals surface area contributed by atoms with Crippen molar-refractivity contribution >= 4 is 12.2 Å². The van der Waals surface area contributed by atoms with Crippen molar-refractivity contribution in [3.8, 4) is 0 Å². The summed E-state index contributed by atoms with van der Waals surface area (Å²) in [5, 5.41) is 0. The van der Waals surface area contributed by atoms with E-state index in [0.717, 1.165) is 6.42 Å². The Morgan fingerprint density at radius 1 is 0.778 bits per heavy atom. The minimum Gasteiger partial charge on any atom is -0.124 e. The first-order valence-corrected chi connectivity index (χ1v) is 6.13. The van der Waals surface area contributed by atoms with Crippen LogP contribution in [0.1, 0.15) is 17.5 Å². The third-order valence-corrected chi connectivity index (χ3v) is 2.53. The van der Waals surface area contributed by atoms with E-state index in [1.54, 1.807) is 0 Å². The summed E-state index contributed by atoms with van der Waals surface area (Å²) < 4.78 is 0. The Bertz CT molecular complexity index is 541. The molecule has 0 aliphatic heterocycles. The molecule has 18 heavy (non-hydrogen) atoms. The van der Waals surface area contributed by atoms with Crippen LogP contribution in [-0.2, 0) is 0 Å². The van der Waals surface area contributed by atoms with E-state index in [2.05, 4.69) is 42.1 Å². The van der Waals surface area contributed by atoms with Crippen LogP contribution in [0.3, 0.4) is 0 Å². The Balaban J connectivity index is 1.86. The van der Waals surface area contributed by atoms with Crippen molar-refractivity contribution in [2.24, 2.45) is 0 Å². The van der Waals surface area contributed by atoms with Crippen LogP contribution in [0.5, 0.6) is 0 Å². The quantitative estimate of drug-likeness (QED) is 0.654. The first-order chi connectivity index (χ1) is 8.95.